The highest BCUT2D eigenvalue weighted by Crippen LogP contribution is 2.27. The van der Waals surface area contributed by atoms with Crippen LogP contribution in [0.25, 0.3) is 10.6 Å². The summed E-state index contributed by atoms with van der Waals surface area (Å²) in [6, 6.07) is 5.09. The standard InChI is InChI=1S/C21H21N5O5S/c1-2-3-7-25-17(22)16(18(27)24-21(25)29)26(10-14-5-4-8-31-14)20(28)15-12-32-19(23-15)13-6-9-30-11-13/h4-6,8-9,11-12H,2-3,7,10,22H2,1H3,(H,24,27,29). The van der Waals surface area contributed by atoms with Crippen LogP contribution in [0.15, 0.2) is 60.8 Å². The van der Waals surface area contributed by atoms with Crippen molar-refractivity contribution in [3.63, 3.8) is 0 Å². The molecule has 1 amide bonds. The van der Waals surface area contributed by atoms with E-state index in [4.69, 9.17) is 14.6 Å². The van der Waals surface area contributed by atoms with Crippen molar-refractivity contribution in [1.82, 2.24) is 14.5 Å². The van der Waals surface area contributed by atoms with Gasteiger partial charge in [0.05, 0.1) is 19.1 Å². The molecule has 10 nitrogen and oxygen atoms in total. The average molecular weight is 455 g/mol. The number of carbonyl (C=O) groups excluding carboxylic acids is 1. The molecule has 4 aromatic heterocycles. The van der Waals surface area contributed by atoms with Gasteiger partial charge in [0.1, 0.15) is 28.5 Å². The molecule has 0 radical (unpaired) electrons. The summed E-state index contributed by atoms with van der Waals surface area (Å²) < 4.78 is 11.7. The number of unbranched alkanes of at least 4 members (excludes halogenated alkanes) is 1. The minimum atomic E-state index is -0.759. The first-order chi connectivity index (χ1) is 15.5. The van der Waals surface area contributed by atoms with E-state index in [9.17, 15) is 14.4 Å². The largest absolute Gasteiger partial charge is 0.472 e. The lowest BCUT2D eigenvalue weighted by Crippen LogP contribution is -2.41. The number of furan rings is 2. The normalized spacial score (nSPS) is 11.0. The monoisotopic (exact) mass is 455 g/mol. The number of nitrogens with zero attached hydrogens (tertiary/aromatic N) is 3. The number of nitrogens with one attached hydrogen (secondary N) is 1. The molecule has 0 saturated heterocycles. The molecule has 0 atom stereocenters. The quantitative estimate of drug-likeness (QED) is 0.416. The topological polar surface area (TPSA) is 140 Å². The Balaban J connectivity index is 1.79. The minimum Gasteiger partial charge on any atom is -0.472 e. The number of nitrogen functional groups attached to an aromatic ring is 1. The Hall–Kier alpha value is -3.86. The predicted molar refractivity (Wildman–Crippen MR) is 120 cm³/mol. The van der Waals surface area contributed by atoms with E-state index in [1.807, 2.05) is 6.92 Å². The smallest absolute Gasteiger partial charge is 0.330 e. The molecule has 0 spiro atoms. The second-order valence-corrected chi connectivity index (χ2v) is 7.88. The van der Waals surface area contributed by atoms with E-state index in [0.717, 1.165) is 12.0 Å². The van der Waals surface area contributed by atoms with Crippen molar-refractivity contribution in [2.45, 2.75) is 32.9 Å². The van der Waals surface area contributed by atoms with Crippen LogP contribution >= 0.6 is 11.3 Å². The Morgan fingerprint density at radius 2 is 2.16 bits per heavy atom. The van der Waals surface area contributed by atoms with Crippen LogP contribution in [0.2, 0.25) is 0 Å². The summed E-state index contributed by atoms with van der Waals surface area (Å²) in [5, 5.41) is 2.19. The Morgan fingerprint density at radius 3 is 2.84 bits per heavy atom. The fraction of sp³-hybridized carbons (Fsp3) is 0.238. The molecule has 4 heterocycles. The zero-order valence-electron chi connectivity index (χ0n) is 17.2. The molecule has 4 aromatic rings. The van der Waals surface area contributed by atoms with Crippen LogP contribution in [-0.4, -0.2) is 20.4 Å². The van der Waals surface area contributed by atoms with Crippen molar-refractivity contribution < 1.29 is 13.6 Å². The van der Waals surface area contributed by atoms with E-state index in [-0.39, 0.29) is 23.7 Å². The van der Waals surface area contributed by atoms with Crippen molar-refractivity contribution in [2.75, 3.05) is 10.6 Å². The van der Waals surface area contributed by atoms with E-state index in [2.05, 4.69) is 9.97 Å². The molecule has 4 rings (SSSR count). The van der Waals surface area contributed by atoms with Gasteiger partial charge in [0.2, 0.25) is 0 Å². The Labute approximate surface area is 185 Å². The molecule has 0 bridgehead atoms. The summed E-state index contributed by atoms with van der Waals surface area (Å²) in [5.41, 5.74) is 5.60. The lowest BCUT2D eigenvalue weighted by Gasteiger charge is -2.23. The van der Waals surface area contributed by atoms with E-state index >= 15 is 0 Å². The zero-order chi connectivity index (χ0) is 22.7. The molecule has 166 valence electrons. The van der Waals surface area contributed by atoms with Crippen LogP contribution < -0.4 is 21.9 Å². The molecule has 0 aliphatic rings. The average Bonchev–Trinajstić information content (AvgIpc) is 3.54. The van der Waals surface area contributed by atoms with Crippen LogP contribution in [0.1, 0.15) is 36.0 Å². The van der Waals surface area contributed by atoms with E-state index in [0.29, 0.717) is 23.7 Å². The van der Waals surface area contributed by atoms with Gasteiger partial charge in [0.15, 0.2) is 5.69 Å². The van der Waals surface area contributed by atoms with Gasteiger partial charge in [-0.15, -0.1) is 11.3 Å². The molecule has 11 heteroatoms. The van der Waals surface area contributed by atoms with Gasteiger partial charge in [-0.05, 0) is 24.6 Å². The highest BCUT2D eigenvalue weighted by molar-refractivity contribution is 7.13. The summed E-state index contributed by atoms with van der Waals surface area (Å²) in [6.07, 6.45) is 6.02. The third kappa shape index (κ3) is 4.14. The number of anilines is 2. The van der Waals surface area contributed by atoms with Crippen molar-refractivity contribution in [3.05, 3.63) is 74.7 Å². The number of rotatable bonds is 8. The van der Waals surface area contributed by atoms with Gasteiger partial charge in [-0.3, -0.25) is 24.0 Å². The fourth-order valence-corrected chi connectivity index (χ4v) is 4.00. The molecule has 0 aromatic carbocycles. The molecule has 3 N–H and O–H groups in total. The highest BCUT2D eigenvalue weighted by atomic mass is 32.1. The maximum absolute atomic E-state index is 13.5. The molecule has 0 aliphatic heterocycles. The van der Waals surface area contributed by atoms with E-state index in [1.165, 1.54) is 39.6 Å². The van der Waals surface area contributed by atoms with Gasteiger partial charge in [-0.2, -0.15) is 0 Å². The maximum Gasteiger partial charge on any atom is 0.330 e. The zero-order valence-corrected chi connectivity index (χ0v) is 18.1. The van der Waals surface area contributed by atoms with Crippen molar-refractivity contribution in [1.29, 1.82) is 0 Å². The second-order valence-electron chi connectivity index (χ2n) is 7.02. The molecule has 0 aliphatic carbocycles. The molecular weight excluding hydrogens is 434 g/mol. The number of nitrogens with two attached hydrogens (primary N) is 1. The number of aromatic amines is 1. The molecule has 0 fully saturated rings. The lowest BCUT2D eigenvalue weighted by molar-refractivity contribution is 0.0979. The van der Waals surface area contributed by atoms with Crippen LogP contribution in [-0.2, 0) is 13.1 Å². The van der Waals surface area contributed by atoms with Gasteiger partial charge in [0.25, 0.3) is 11.5 Å². The molecular formula is C21H21N5O5S. The number of aromatic nitrogens is 3. The number of hydrogen-bond acceptors (Lipinski definition) is 8. The predicted octanol–water partition coefficient (Wildman–Crippen LogP) is 3.08. The number of carbonyl (C=O) groups is 1. The first kappa shape index (κ1) is 21.4. The van der Waals surface area contributed by atoms with Crippen molar-refractivity contribution in [3.8, 4) is 10.6 Å². The number of thiazole rings is 1. The van der Waals surface area contributed by atoms with Crippen LogP contribution in [0, 0.1) is 0 Å². The third-order valence-electron chi connectivity index (χ3n) is 4.85. The maximum atomic E-state index is 13.5. The first-order valence-electron chi connectivity index (χ1n) is 9.94. The summed E-state index contributed by atoms with van der Waals surface area (Å²) in [5.74, 6) is -0.198. The number of amides is 1. The molecule has 32 heavy (non-hydrogen) atoms. The summed E-state index contributed by atoms with van der Waals surface area (Å²) >= 11 is 1.27. The number of H-pyrrole nitrogens is 1. The Morgan fingerprint density at radius 1 is 1.31 bits per heavy atom. The second kappa shape index (κ2) is 9.10. The van der Waals surface area contributed by atoms with Gasteiger partial charge in [0, 0.05) is 17.5 Å². The summed E-state index contributed by atoms with van der Waals surface area (Å²) in [4.78, 5) is 46.4. The highest BCUT2D eigenvalue weighted by Gasteiger charge is 2.28. The van der Waals surface area contributed by atoms with Gasteiger partial charge >= 0.3 is 5.69 Å². The van der Waals surface area contributed by atoms with Gasteiger partial charge in [-0.1, -0.05) is 13.3 Å². The lowest BCUT2D eigenvalue weighted by atomic mass is 10.2. The minimum absolute atomic E-state index is 0.0658. The van der Waals surface area contributed by atoms with Crippen LogP contribution in [0.4, 0.5) is 11.5 Å². The van der Waals surface area contributed by atoms with Gasteiger partial charge in [-0.25, -0.2) is 9.78 Å². The third-order valence-corrected chi connectivity index (χ3v) is 5.74. The van der Waals surface area contributed by atoms with E-state index < -0.39 is 17.2 Å². The van der Waals surface area contributed by atoms with Crippen molar-refractivity contribution in [2.24, 2.45) is 0 Å². The van der Waals surface area contributed by atoms with Gasteiger partial charge < -0.3 is 14.6 Å². The molecule has 0 unspecified atom stereocenters. The molecule has 0 saturated carbocycles. The van der Waals surface area contributed by atoms with Crippen LogP contribution in [0.3, 0.4) is 0 Å². The Bertz CT molecular complexity index is 1320. The summed E-state index contributed by atoms with van der Waals surface area (Å²) in [6.45, 7) is 2.22. The SMILES string of the molecule is CCCCn1c(N)c(N(Cc2ccco2)C(=O)c2csc(-c3ccoc3)n2)c(=O)[nH]c1=O. The summed E-state index contributed by atoms with van der Waals surface area (Å²) in [7, 11) is 0. The van der Waals surface area contributed by atoms with Crippen LogP contribution in [0.5, 0.6) is 0 Å². The first-order valence-corrected chi connectivity index (χ1v) is 10.8. The fourth-order valence-electron chi connectivity index (χ4n) is 3.22. The van der Waals surface area contributed by atoms with Crippen molar-refractivity contribution >= 4 is 28.7 Å². The Kier molecular flexibility index (Phi) is 6.08. The van der Waals surface area contributed by atoms with E-state index in [1.54, 1.807) is 23.6 Å². The number of hydrogen-bond donors (Lipinski definition) is 2.